The molecule has 10 aromatic rings. The Hall–Kier alpha value is -6.69. The van der Waals surface area contributed by atoms with Crippen LogP contribution >= 0.6 is 0 Å². The average Bonchev–Trinajstić information content (AvgIpc) is 3.79. The van der Waals surface area contributed by atoms with Crippen molar-refractivity contribution >= 4 is 71.3 Å². The number of rotatable bonds is 4. The van der Waals surface area contributed by atoms with Crippen LogP contribution in [-0.2, 0) is 0 Å². The van der Waals surface area contributed by atoms with Gasteiger partial charge in [-0.05, 0) is 68.6 Å². The van der Waals surface area contributed by atoms with E-state index in [4.69, 9.17) is 13.8 Å². The van der Waals surface area contributed by atoms with E-state index in [2.05, 4.69) is 144 Å². The summed E-state index contributed by atoms with van der Waals surface area (Å²) in [5.41, 5.74) is 9.10. The molecule has 0 bridgehead atoms. The minimum absolute atomic E-state index is 0.252. The lowest BCUT2D eigenvalue weighted by atomic mass is 9.92. The molecule has 0 radical (unpaired) electrons. The molecule has 2 unspecified atom stereocenters. The van der Waals surface area contributed by atoms with Gasteiger partial charge in [-0.2, -0.15) is 0 Å². The van der Waals surface area contributed by atoms with Crippen molar-refractivity contribution in [2.45, 2.75) is 12.3 Å². The summed E-state index contributed by atoms with van der Waals surface area (Å²) < 4.78 is 12.6. The van der Waals surface area contributed by atoms with Crippen LogP contribution in [0.1, 0.15) is 29.0 Å². The lowest BCUT2D eigenvalue weighted by Crippen LogP contribution is -2.45. The Kier molecular flexibility index (Phi) is 6.39. The highest BCUT2D eigenvalue weighted by Gasteiger charge is 2.29. The molecule has 2 N–H and O–H groups in total. The van der Waals surface area contributed by atoms with Gasteiger partial charge in [-0.3, -0.25) is 5.32 Å². The molecule has 246 valence electrons. The highest BCUT2D eigenvalue weighted by molar-refractivity contribution is 6.15. The summed E-state index contributed by atoms with van der Waals surface area (Å²) in [6.07, 6.45) is -0.594. The standard InChI is InChI=1S/C47H31N3O2/c1-2-12-29-27-30(26-25-28(29)11-1)45-48-46(50-47(49-45)38-20-10-24-42-44(38)37-14-4-6-22-40(37)52-42)35-19-8-15-31-32(16-7-17-33(31)35)34-18-9-23-41-43(34)36-13-3-5-21-39(36)51-41/h1-27,46-47,50H,(H,48,49). The first-order valence-corrected chi connectivity index (χ1v) is 17.7. The molecule has 5 heteroatoms. The molecule has 0 saturated heterocycles. The van der Waals surface area contributed by atoms with Crippen LogP contribution in [0.5, 0.6) is 0 Å². The van der Waals surface area contributed by atoms with Gasteiger partial charge < -0.3 is 14.2 Å². The van der Waals surface area contributed by atoms with E-state index in [0.717, 1.165) is 82.9 Å². The van der Waals surface area contributed by atoms with Crippen LogP contribution in [0.3, 0.4) is 0 Å². The van der Waals surface area contributed by atoms with Crippen LogP contribution in [0.15, 0.2) is 178 Å². The van der Waals surface area contributed by atoms with Gasteiger partial charge >= 0.3 is 0 Å². The highest BCUT2D eigenvalue weighted by atomic mass is 16.3. The molecule has 3 heterocycles. The van der Waals surface area contributed by atoms with Crippen molar-refractivity contribution in [2.75, 3.05) is 0 Å². The van der Waals surface area contributed by atoms with Gasteiger partial charge in [0.1, 0.15) is 40.5 Å². The first-order chi connectivity index (χ1) is 25.8. The zero-order chi connectivity index (χ0) is 34.2. The smallest absolute Gasteiger partial charge is 0.136 e. The molecule has 11 rings (SSSR count). The molecule has 0 spiro atoms. The van der Waals surface area contributed by atoms with Crippen LogP contribution in [0.25, 0.3) is 76.5 Å². The summed E-state index contributed by atoms with van der Waals surface area (Å²) in [6, 6.07) is 57.4. The summed E-state index contributed by atoms with van der Waals surface area (Å²) in [5, 5.41) is 16.9. The van der Waals surface area contributed by atoms with Gasteiger partial charge in [-0.15, -0.1) is 0 Å². The monoisotopic (exact) mass is 669 g/mol. The van der Waals surface area contributed by atoms with E-state index in [0.29, 0.717) is 0 Å². The SMILES string of the molecule is c1ccc2cc(C3=NC(c4cccc5c(-c6cccc7oc8ccccc8c67)cccc45)NC(c4cccc5oc6ccccc6c45)N3)ccc2c1. The molecule has 0 fully saturated rings. The second-order valence-electron chi connectivity index (χ2n) is 13.5. The van der Waals surface area contributed by atoms with Gasteiger partial charge in [0.05, 0.1) is 0 Å². The number of hydrogen-bond acceptors (Lipinski definition) is 5. The second-order valence-corrected chi connectivity index (χ2v) is 13.5. The molecule has 5 nitrogen and oxygen atoms in total. The van der Waals surface area contributed by atoms with Crippen molar-refractivity contribution in [3.63, 3.8) is 0 Å². The Balaban J connectivity index is 1.10. The maximum absolute atomic E-state index is 6.33. The van der Waals surface area contributed by atoms with E-state index >= 15 is 0 Å². The number of hydrogen-bond donors (Lipinski definition) is 2. The molecular weight excluding hydrogens is 639 g/mol. The van der Waals surface area contributed by atoms with Gasteiger partial charge in [-0.1, -0.05) is 133 Å². The first-order valence-electron chi connectivity index (χ1n) is 17.7. The Morgan fingerprint density at radius 3 is 1.88 bits per heavy atom. The van der Waals surface area contributed by atoms with Crippen molar-refractivity contribution in [2.24, 2.45) is 4.99 Å². The van der Waals surface area contributed by atoms with E-state index in [9.17, 15) is 0 Å². The predicted octanol–water partition coefficient (Wildman–Crippen LogP) is 11.8. The third-order valence-electron chi connectivity index (χ3n) is 10.6. The van der Waals surface area contributed by atoms with Gasteiger partial charge in [0.25, 0.3) is 0 Å². The lowest BCUT2D eigenvalue weighted by Gasteiger charge is -2.33. The van der Waals surface area contributed by atoms with E-state index in [-0.39, 0.29) is 12.3 Å². The molecule has 1 aliphatic rings. The van der Waals surface area contributed by atoms with Crippen molar-refractivity contribution in [3.8, 4) is 11.1 Å². The fourth-order valence-corrected chi connectivity index (χ4v) is 8.21. The molecular formula is C47H31N3O2. The Morgan fingerprint density at radius 2 is 1.04 bits per heavy atom. The molecule has 0 aliphatic carbocycles. The number of nitrogens with one attached hydrogen (secondary N) is 2. The quantitative estimate of drug-likeness (QED) is 0.196. The second kappa shape index (κ2) is 11.4. The number of furan rings is 2. The molecule has 2 atom stereocenters. The number of nitrogens with zero attached hydrogens (tertiary/aromatic N) is 1. The summed E-state index contributed by atoms with van der Waals surface area (Å²) in [7, 11) is 0. The fourth-order valence-electron chi connectivity index (χ4n) is 8.21. The van der Waals surface area contributed by atoms with E-state index < -0.39 is 0 Å². The van der Waals surface area contributed by atoms with E-state index in [1.165, 1.54) is 16.2 Å². The molecule has 8 aromatic carbocycles. The normalized spacial score (nSPS) is 16.3. The summed E-state index contributed by atoms with van der Waals surface area (Å²) in [5.74, 6) is 0.840. The van der Waals surface area contributed by atoms with Crippen LogP contribution < -0.4 is 10.6 Å². The molecule has 2 aromatic heterocycles. The van der Waals surface area contributed by atoms with E-state index in [1.54, 1.807) is 0 Å². The minimum Gasteiger partial charge on any atom is -0.456 e. The van der Waals surface area contributed by atoms with Gasteiger partial charge in [-0.25, -0.2) is 4.99 Å². The number of para-hydroxylation sites is 2. The average molecular weight is 670 g/mol. The number of amidine groups is 1. The molecule has 0 saturated carbocycles. The third-order valence-corrected chi connectivity index (χ3v) is 10.6. The Morgan fingerprint density at radius 1 is 0.442 bits per heavy atom. The summed E-state index contributed by atoms with van der Waals surface area (Å²) in [4.78, 5) is 5.43. The first kappa shape index (κ1) is 29.1. The molecule has 52 heavy (non-hydrogen) atoms. The van der Waals surface area contributed by atoms with Crippen molar-refractivity contribution in [3.05, 3.63) is 180 Å². The highest BCUT2D eigenvalue weighted by Crippen LogP contribution is 2.41. The maximum Gasteiger partial charge on any atom is 0.136 e. The molecule has 1 aliphatic heterocycles. The Bertz CT molecular complexity index is 3060. The van der Waals surface area contributed by atoms with Gasteiger partial charge in [0, 0.05) is 32.7 Å². The van der Waals surface area contributed by atoms with Crippen LogP contribution in [0.4, 0.5) is 0 Å². The van der Waals surface area contributed by atoms with Gasteiger partial charge in [0.15, 0.2) is 0 Å². The van der Waals surface area contributed by atoms with Crippen molar-refractivity contribution in [1.82, 2.24) is 10.6 Å². The third kappa shape index (κ3) is 4.50. The largest absolute Gasteiger partial charge is 0.456 e. The van der Waals surface area contributed by atoms with E-state index in [1.807, 2.05) is 30.3 Å². The fraction of sp³-hybridized carbons (Fsp3) is 0.0426. The van der Waals surface area contributed by atoms with Crippen molar-refractivity contribution < 1.29 is 8.83 Å². The number of benzene rings is 8. The molecule has 0 amide bonds. The minimum atomic E-state index is -0.342. The predicted molar refractivity (Wildman–Crippen MR) is 213 cm³/mol. The lowest BCUT2D eigenvalue weighted by molar-refractivity contribution is 0.412. The zero-order valence-corrected chi connectivity index (χ0v) is 28.0. The summed E-state index contributed by atoms with van der Waals surface area (Å²) >= 11 is 0. The Labute approximate surface area is 298 Å². The number of aliphatic imine (C=N–C) groups is 1. The van der Waals surface area contributed by atoms with Crippen LogP contribution in [-0.4, -0.2) is 5.84 Å². The summed E-state index contributed by atoms with van der Waals surface area (Å²) in [6.45, 7) is 0. The maximum atomic E-state index is 6.33. The van der Waals surface area contributed by atoms with Crippen LogP contribution in [0.2, 0.25) is 0 Å². The topological polar surface area (TPSA) is 62.7 Å². The van der Waals surface area contributed by atoms with Crippen LogP contribution in [0, 0.1) is 0 Å². The number of fused-ring (bicyclic) bond motifs is 8. The van der Waals surface area contributed by atoms with Crippen molar-refractivity contribution in [1.29, 1.82) is 0 Å². The van der Waals surface area contributed by atoms with Gasteiger partial charge in [0.2, 0.25) is 0 Å². The zero-order valence-electron chi connectivity index (χ0n) is 28.0.